The number of amides is 2. The summed E-state index contributed by atoms with van der Waals surface area (Å²) in [6, 6.07) is 14.5. The van der Waals surface area contributed by atoms with Crippen molar-refractivity contribution in [3.8, 4) is 11.5 Å². The SMILES string of the molecule is COc1ccc(NC(=O)CN(C(C)=O)C(C)c2ccccc2)c(OC)c1. The monoisotopic (exact) mass is 356 g/mol. The van der Waals surface area contributed by atoms with E-state index in [9.17, 15) is 9.59 Å². The lowest BCUT2D eigenvalue weighted by Crippen LogP contribution is -2.38. The summed E-state index contributed by atoms with van der Waals surface area (Å²) in [5.74, 6) is 0.649. The third-order valence-electron chi connectivity index (χ3n) is 4.15. The lowest BCUT2D eigenvalue weighted by atomic mass is 10.1. The fraction of sp³-hybridized carbons (Fsp3) is 0.300. The Hall–Kier alpha value is -3.02. The molecular formula is C20H24N2O4. The summed E-state index contributed by atoms with van der Waals surface area (Å²) < 4.78 is 10.4. The Morgan fingerprint density at radius 1 is 1.08 bits per heavy atom. The van der Waals surface area contributed by atoms with Crippen molar-refractivity contribution in [2.45, 2.75) is 19.9 Å². The normalized spacial score (nSPS) is 11.4. The minimum Gasteiger partial charge on any atom is -0.497 e. The van der Waals surface area contributed by atoms with Crippen LogP contribution in [0.4, 0.5) is 5.69 Å². The maximum Gasteiger partial charge on any atom is 0.244 e. The predicted octanol–water partition coefficient (Wildman–Crippen LogP) is 3.25. The molecule has 1 N–H and O–H groups in total. The third kappa shape index (κ3) is 4.75. The van der Waals surface area contributed by atoms with Crippen LogP contribution < -0.4 is 14.8 Å². The maximum absolute atomic E-state index is 12.5. The molecule has 1 unspecified atom stereocenters. The second-order valence-corrected chi connectivity index (χ2v) is 5.85. The summed E-state index contributed by atoms with van der Waals surface area (Å²) >= 11 is 0. The number of carbonyl (C=O) groups excluding carboxylic acids is 2. The highest BCUT2D eigenvalue weighted by atomic mass is 16.5. The number of rotatable bonds is 7. The van der Waals surface area contributed by atoms with E-state index in [-0.39, 0.29) is 24.4 Å². The summed E-state index contributed by atoms with van der Waals surface area (Å²) in [6.45, 7) is 3.30. The molecule has 0 aliphatic heterocycles. The molecule has 2 aromatic rings. The van der Waals surface area contributed by atoms with E-state index >= 15 is 0 Å². The second kappa shape index (κ2) is 8.89. The number of ether oxygens (including phenoxy) is 2. The van der Waals surface area contributed by atoms with Crippen molar-refractivity contribution < 1.29 is 19.1 Å². The van der Waals surface area contributed by atoms with Gasteiger partial charge in [-0.1, -0.05) is 30.3 Å². The molecule has 0 aromatic heterocycles. The van der Waals surface area contributed by atoms with Crippen LogP contribution >= 0.6 is 0 Å². The van der Waals surface area contributed by atoms with Crippen molar-refractivity contribution in [1.82, 2.24) is 4.90 Å². The maximum atomic E-state index is 12.5. The minimum atomic E-state index is -0.300. The van der Waals surface area contributed by atoms with Crippen LogP contribution in [0.2, 0.25) is 0 Å². The average molecular weight is 356 g/mol. The van der Waals surface area contributed by atoms with Crippen LogP contribution in [0.15, 0.2) is 48.5 Å². The summed E-state index contributed by atoms with van der Waals surface area (Å²) in [5.41, 5.74) is 1.49. The zero-order valence-electron chi connectivity index (χ0n) is 15.5. The quantitative estimate of drug-likeness (QED) is 0.827. The lowest BCUT2D eigenvalue weighted by molar-refractivity contribution is -0.134. The van der Waals surface area contributed by atoms with Crippen molar-refractivity contribution in [3.63, 3.8) is 0 Å². The highest BCUT2D eigenvalue weighted by Gasteiger charge is 2.21. The molecule has 26 heavy (non-hydrogen) atoms. The van der Waals surface area contributed by atoms with Crippen LogP contribution in [-0.2, 0) is 9.59 Å². The first kappa shape index (κ1) is 19.3. The van der Waals surface area contributed by atoms with Crippen LogP contribution in [0.3, 0.4) is 0 Å². The van der Waals surface area contributed by atoms with Gasteiger partial charge >= 0.3 is 0 Å². The molecule has 0 fully saturated rings. The Labute approximate surface area is 153 Å². The van der Waals surface area contributed by atoms with E-state index in [4.69, 9.17) is 9.47 Å². The zero-order chi connectivity index (χ0) is 19.1. The lowest BCUT2D eigenvalue weighted by Gasteiger charge is -2.28. The summed E-state index contributed by atoms with van der Waals surface area (Å²) in [4.78, 5) is 26.1. The van der Waals surface area contributed by atoms with Crippen molar-refractivity contribution in [2.24, 2.45) is 0 Å². The Bertz CT molecular complexity index is 762. The molecule has 2 aromatic carbocycles. The molecule has 0 spiro atoms. The van der Waals surface area contributed by atoms with E-state index in [1.807, 2.05) is 37.3 Å². The number of hydrogen-bond acceptors (Lipinski definition) is 4. The van der Waals surface area contributed by atoms with Crippen LogP contribution in [0.1, 0.15) is 25.5 Å². The van der Waals surface area contributed by atoms with Gasteiger partial charge in [-0.3, -0.25) is 9.59 Å². The Kier molecular flexibility index (Phi) is 6.60. The van der Waals surface area contributed by atoms with E-state index in [0.29, 0.717) is 17.2 Å². The Balaban J connectivity index is 2.12. The van der Waals surface area contributed by atoms with Crippen molar-refractivity contribution in [3.05, 3.63) is 54.1 Å². The van der Waals surface area contributed by atoms with Gasteiger partial charge in [-0.15, -0.1) is 0 Å². The number of nitrogens with zero attached hydrogens (tertiary/aromatic N) is 1. The number of benzene rings is 2. The Morgan fingerprint density at radius 3 is 2.35 bits per heavy atom. The fourth-order valence-electron chi connectivity index (χ4n) is 2.68. The van der Waals surface area contributed by atoms with Gasteiger partial charge in [-0.05, 0) is 24.6 Å². The van der Waals surface area contributed by atoms with Crippen LogP contribution in [-0.4, -0.2) is 37.5 Å². The number of methoxy groups -OCH3 is 2. The highest BCUT2D eigenvalue weighted by Crippen LogP contribution is 2.29. The molecule has 0 aliphatic rings. The van der Waals surface area contributed by atoms with E-state index in [2.05, 4.69) is 5.32 Å². The molecule has 2 amide bonds. The van der Waals surface area contributed by atoms with Gasteiger partial charge in [-0.25, -0.2) is 0 Å². The average Bonchev–Trinajstić information content (AvgIpc) is 2.66. The van der Waals surface area contributed by atoms with Gasteiger partial charge in [0, 0.05) is 13.0 Å². The third-order valence-corrected chi connectivity index (χ3v) is 4.15. The van der Waals surface area contributed by atoms with E-state index in [1.54, 1.807) is 25.3 Å². The van der Waals surface area contributed by atoms with Gasteiger partial charge in [0.25, 0.3) is 0 Å². The highest BCUT2D eigenvalue weighted by molar-refractivity contribution is 5.95. The van der Waals surface area contributed by atoms with E-state index in [0.717, 1.165) is 5.56 Å². The standard InChI is InChI=1S/C20H24N2O4/c1-14(16-8-6-5-7-9-16)22(15(2)23)13-20(24)21-18-11-10-17(25-3)12-19(18)26-4/h5-12,14H,13H2,1-4H3,(H,21,24). The first-order valence-electron chi connectivity index (χ1n) is 8.30. The van der Waals surface area contributed by atoms with Gasteiger partial charge in [0.1, 0.15) is 18.0 Å². The summed E-state index contributed by atoms with van der Waals surface area (Å²) in [6.07, 6.45) is 0. The predicted molar refractivity (Wildman–Crippen MR) is 100 cm³/mol. The van der Waals surface area contributed by atoms with Crippen LogP contribution in [0.5, 0.6) is 11.5 Å². The molecule has 0 saturated heterocycles. The molecule has 0 bridgehead atoms. The Morgan fingerprint density at radius 2 is 1.77 bits per heavy atom. The fourth-order valence-corrected chi connectivity index (χ4v) is 2.68. The molecule has 6 heteroatoms. The smallest absolute Gasteiger partial charge is 0.244 e. The van der Waals surface area contributed by atoms with E-state index in [1.165, 1.54) is 18.9 Å². The molecule has 0 saturated carbocycles. The molecule has 138 valence electrons. The van der Waals surface area contributed by atoms with Crippen molar-refractivity contribution in [1.29, 1.82) is 0 Å². The molecule has 2 rings (SSSR count). The van der Waals surface area contributed by atoms with Crippen LogP contribution in [0.25, 0.3) is 0 Å². The summed E-state index contributed by atoms with van der Waals surface area (Å²) in [7, 11) is 3.08. The van der Waals surface area contributed by atoms with Gasteiger partial charge in [0.2, 0.25) is 11.8 Å². The molecule has 0 radical (unpaired) electrons. The number of anilines is 1. The molecule has 0 aliphatic carbocycles. The number of carbonyl (C=O) groups is 2. The number of hydrogen-bond donors (Lipinski definition) is 1. The molecular weight excluding hydrogens is 332 g/mol. The second-order valence-electron chi connectivity index (χ2n) is 5.85. The molecule has 0 heterocycles. The number of nitrogens with one attached hydrogen (secondary N) is 1. The minimum absolute atomic E-state index is 0.0550. The van der Waals surface area contributed by atoms with Gasteiger partial charge < -0.3 is 19.7 Å². The van der Waals surface area contributed by atoms with E-state index < -0.39 is 0 Å². The molecule has 6 nitrogen and oxygen atoms in total. The molecule has 1 atom stereocenters. The van der Waals surface area contributed by atoms with Crippen LogP contribution in [0, 0.1) is 0 Å². The largest absolute Gasteiger partial charge is 0.497 e. The van der Waals surface area contributed by atoms with Crippen molar-refractivity contribution >= 4 is 17.5 Å². The van der Waals surface area contributed by atoms with Gasteiger partial charge in [0.15, 0.2) is 0 Å². The van der Waals surface area contributed by atoms with Crippen molar-refractivity contribution in [2.75, 3.05) is 26.1 Å². The first-order chi connectivity index (χ1) is 12.5. The van der Waals surface area contributed by atoms with Gasteiger partial charge in [0.05, 0.1) is 25.9 Å². The summed E-state index contributed by atoms with van der Waals surface area (Å²) in [5, 5.41) is 2.79. The topological polar surface area (TPSA) is 67.9 Å². The van der Waals surface area contributed by atoms with Gasteiger partial charge in [-0.2, -0.15) is 0 Å². The first-order valence-corrected chi connectivity index (χ1v) is 8.30. The zero-order valence-corrected chi connectivity index (χ0v) is 15.5.